The lowest BCUT2D eigenvalue weighted by Crippen LogP contribution is -2.38. The van der Waals surface area contributed by atoms with Gasteiger partial charge in [-0.2, -0.15) is 0 Å². The summed E-state index contributed by atoms with van der Waals surface area (Å²) in [5, 5.41) is 0. The van der Waals surface area contributed by atoms with Gasteiger partial charge in [0.25, 0.3) is 5.91 Å². The number of carbonyl (C=O) groups is 2. The number of hydrogen-bond acceptors (Lipinski definition) is 4. The van der Waals surface area contributed by atoms with Crippen molar-refractivity contribution in [3.63, 3.8) is 0 Å². The van der Waals surface area contributed by atoms with E-state index < -0.39 is 0 Å². The van der Waals surface area contributed by atoms with Gasteiger partial charge >= 0.3 is 0 Å². The second kappa shape index (κ2) is 8.41. The van der Waals surface area contributed by atoms with Crippen molar-refractivity contribution < 1.29 is 19.1 Å². The smallest absolute Gasteiger partial charge is 0.260 e. The molecule has 0 spiro atoms. The second-order valence-electron chi connectivity index (χ2n) is 5.43. The van der Waals surface area contributed by atoms with Crippen molar-refractivity contribution in [3.05, 3.63) is 24.3 Å². The van der Waals surface area contributed by atoms with Gasteiger partial charge in [-0.05, 0) is 37.6 Å². The highest BCUT2D eigenvalue weighted by molar-refractivity contribution is 5.78. The summed E-state index contributed by atoms with van der Waals surface area (Å²) in [5.41, 5.74) is 0. The van der Waals surface area contributed by atoms with Crippen molar-refractivity contribution >= 4 is 11.8 Å². The zero-order valence-corrected chi connectivity index (χ0v) is 13.8. The predicted octanol–water partition coefficient (Wildman–Crippen LogP) is 1.54. The molecule has 0 aromatic heterocycles. The van der Waals surface area contributed by atoms with E-state index in [2.05, 4.69) is 0 Å². The largest absolute Gasteiger partial charge is 0.494 e. The Morgan fingerprint density at radius 2 is 1.52 bits per heavy atom. The standard InChI is InChI=1S/C17H24N2O4/c1-3-22-15-5-7-16(8-6-15)23-13-17(21)19-10-4-9-18(11-12-19)14(2)20/h5-8H,3-4,9-13H2,1-2H3. The van der Waals surface area contributed by atoms with Gasteiger partial charge in [-0.15, -0.1) is 0 Å². The van der Waals surface area contributed by atoms with Gasteiger partial charge in [-0.25, -0.2) is 0 Å². The molecule has 6 nitrogen and oxygen atoms in total. The van der Waals surface area contributed by atoms with Gasteiger partial charge in [0.15, 0.2) is 6.61 Å². The molecule has 6 heteroatoms. The van der Waals surface area contributed by atoms with Crippen LogP contribution in [0.5, 0.6) is 11.5 Å². The van der Waals surface area contributed by atoms with Crippen LogP contribution in [0.2, 0.25) is 0 Å². The monoisotopic (exact) mass is 320 g/mol. The zero-order chi connectivity index (χ0) is 16.7. The molecular formula is C17H24N2O4. The molecule has 126 valence electrons. The molecule has 0 atom stereocenters. The third-order valence-electron chi connectivity index (χ3n) is 3.79. The maximum Gasteiger partial charge on any atom is 0.260 e. The first-order chi connectivity index (χ1) is 11.1. The van der Waals surface area contributed by atoms with E-state index in [-0.39, 0.29) is 18.4 Å². The predicted molar refractivity (Wildman–Crippen MR) is 86.6 cm³/mol. The lowest BCUT2D eigenvalue weighted by Gasteiger charge is -2.21. The molecular weight excluding hydrogens is 296 g/mol. The molecule has 2 rings (SSSR count). The normalized spacial score (nSPS) is 15.0. The van der Waals surface area contributed by atoms with E-state index in [1.54, 1.807) is 28.9 Å². The minimum atomic E-state index is -0.0516. The van der Waals surface area contributed by atoms with Crippen molar-refractivity contribution in [2.45, 2.75) is 20.3 Å². The van der Waals surface area contributed by atoms with E-state index >= 15 is 0 Å². The van der Waals surface area contributed by atoms with E-state index in [9.17, 15) is 9.59 Å². The topological polar surface area (TPSA) is 59.1 Å². The van der Waals surface area contributed by atoms with E-state index in [0.29, 0.717) is 38.5 Å². The number of amides is 2. The van der Waals surface area contributed by atoms with Crippen molar-refractivity contribution in [1.29, 1.82) is 0 Å². The van der Waals surface area contributed by atoms with Gasteiger partial charge in [-0.3, -0.25) is 9.59 Å². The van der Waals surface area contributed by atoms with Crippen LogP contribution in [0.1, 0.15) is 20.3 Å². The molecule has 1 aliphatic heterocycles. The van der Waals surface area contributed by atoms with E-state index in [1.807, 2.05) is 19.1 Å². The van der Waals surface area contributed by atoms with Crippen molar-refractivity contribution in [2.75, 3.05) is 39.4 Å². The molecule has 1 aliphatic rings. The van der Waals surface area contributed by atoms with Crippen LogP contribution < -0.4 is 9.47 Å². The Kier molecular flexibility index (Phi) is 6.26. The fraction of sp³-hybridized carbons (Fsp3) is 0.529. The molecule has 0 saturated carbocycles. The summed E-state index contributed by atoms with van der Waals surface area (Å²) < 4.78 is 10.9. The van der Waals surface area contributed by atoms with Crippen molar-refractivity contribution in [2.24, 2.45) is 0 Å². The summed E-state index contributed by atoms with van der Waals surface area (Å²) in [7, 11) is 0. The highest BCUT2D eigenvalue weighted by Gasteiger charge is 2.20. The Hall–Kier alpha value is -2.24. The number of carbonyl (C=O) groups excluding carboxylic acids is 2. The Morgan fingerprint density at radius 1 is 0.957 bits per heavy atom. The Balaban J connectivity index is 1.81. The van der Waals surface area contributed by atoms with Crippen LogP contribution in [0.15, 0.2) is 24.3 Å². The first-order valence-corrected chi connectivity index (χ1v) is 7.99. The average molecular weight is 320 g/mol. The van der Waals surface area contributed by atoms with Gasteiger partial charge in [0.2, 0.25) is 5.91 Å². The third kappa shape index (κ3) is 5.16. The zero-order valence-electron chi connectivity index (χ0n) is 13.8. The summed E-state index contributed by atoms with van der Waals surface area (Å²) in [4.78, 5) is 27.2. The maximum atomic E-state index is 12.2. The fourth-order valence-electron chi connectivity index (χ4n) is 2.52. The summed E-state index contributed by atoms with van der Waals surface area (Å²) in [6.45, 7) is 6.63. The lowest BCUT2D eigenvalue weighted by molar-refractivity contribution is -0.134. The maximum absolute atomic E-state index is 12.2. The van der Waals surface area contributed by atoms with Crippen LogP contribution in [0, 0.1) is 0 Å². The molecule has 1 fully saturated rings. The molecule has 0 radical (unpaired) electrons. The third-order valence-corrected chi connectivity index (χ3v) is 3.79. The number of rotatable bonds is 5. The number of nitrogens with zero attached hydrogens (tertiary/aromatic N) is 2. The highest BCUT2D eigenvalue weighted by Crippen LogP contribution is 2.17. The average Bonchev–Trinajstić information content (AvgIpc) is 2.80. The number of benzene rings is 1. The quantitative estimate of drug-likeness (QED) is 0.826. The van der Waals surface area contributed by atoms with Gasteiger partial charge < -0.3 is 19.3 Å². The highest BCUT2D eigenvalue weighted by atomic mass is 16.5. The minimum absolute atomic E-state index is 0.00799. The molecule has 1 saturated heterocycles. The molecule has 0 bridgehead atoms. The van der Waals surface area contributed by atoms with Crippen LogP contribution in [0.3, 0.4) is 0 Å². The van der Waals surface area contributed by atoms with Gasteiger partial charge in [-0.1, -0.05) is 0 Å². The van der Waals surface area contributed by atoms with Crippen LogP contribution in [0.25, 0.3) is 0 Å². The fourth-order valence-corrected chi connectivity index (χ4v) is 2.52. The lowest BCUT2D eigenvalue weighted by atomic mass is 10.3. The van der Waals surface area contributed by atoms with Gasteiger partial charge in [0.05, 0.1) is 6.61 Å². The number of ether oxygens (including phenoxy) is 2. The Labute approximate surface area is 137 Å². The van der Waals surface area contributed by atoms with E-state index in [1.165, 1.54) is 0 Å². The summed E-state index contributed by atoms with van der Waals surface area (Å²) in [6, 6.07) is 7.22. The molecule has 1 aromatic rings. The van der Waals surface area contributed by atoms with E-state index in [4.69, 9.17) is 9.47 Å². The minimum Gasteiger partial charge on any atom is -0.494 e. The SMILES string of the molecule is CCOc1ccc(OCC(=O)N2CCCN(C(C)=O)CC2)cc1. The van der Waals surface area contributed by atoms with Crippen LogP contribution in [-0.4, -0.2) is 61.0 Å². The molecule has 1 aromatic carbocycles. The second-order valence-corrected chi connectivity index (χ2v) is 5.43. The first-order valence-electron chi connectivity index (χ1n) is 7.99. The van der Waals surface area contributed by atoms with Crippen LogP contribution in [-0.2, 0) is 9.59 Å². The molecule has 1 heterocycles. The molecule has 0 unspecified atom stereocenters. The summed E-state index contributed by atoms with van der Waals surface area (Å²) >= 11 is 0. The molecule has 2 amide bonds. The van der Waals surface area contributed by atoms with Crippen LogP contribution in [0.4, 0.5) is 0 Å². The Bertz CT molecular complexity index is 530. The van der Waals surface area contributed by atoms with Crippen molar-refractivity contribution in [3.8, 4) is 11.5 Å². The molecule has 0 aliphatic carbocycles. The Morgan fingerprint density at radius 3 is 2.13 bits per heavy atom. The molecule has 23 heavy (non-hydrogen) atoms. The summed E-state index contributed by atoms with van der Waals surface area (Å²) in [5.74, 6) is 1.43. The summed E-state index contributed by atoms with van der Waals surface area (Å²) in [6.07, 6.45) is 0.800. The number of hydrogen-bond donors (Lipinski definition) is 0. The van der Waals surface area contributed by atoms with Crippen LogP contribution >= 0.6 is 0 Å². The van der Waals surface area contributed by atoms with Crippen molar-refractivity contribution in [1.82, 2.24) is 9.80 Å². The molecule has 0 N–H and O–H groups in total. The van der Waals surface area contributed by atoms with Gasteiger partial charge in [0.1, 0.15) is 11.5 Å². The van der Waals surface area contributed by atoms with E-state index in [0.717, 1.165) is 12.2 Å². The van der Waals surface area contributed by atoms with Gasteiger partial charge in [0, 0.05) is 33.1 Å². The first kappa shape index (κ1) is 17.1.